The van der Waals surface area contributed by atoms with E-state index in [0.717, 1.165) is 32.8 Å². The van der Waals surface area contributed by atoms with Gasteiger partial charge in [-0.3, -0.25) is 0 Å². The van der Waals surface area contributed by atoms with Crippen molar-refractivity contribution in [1.29, 1.82) is 0 Å². The first-order chi connectivity index (χ1) is 19.7. The maximum absolute atomic E-state index is 14.4. The van der Waals surface area contributed by atoms with Crippen molar-refractivity contribution in [1.82, 2.24) is 0 Å². The predicted molar refractivity (Wildman–Crippen MR) is 155 cm³/mol. The fraction of sp³-hybridized carbons (Fsp3) is 0.545. The molecule has 0 radical (unpaired) electrons. The summed E-state index contributed by atoms with van der Waals surface area (Å²) in [6, 6.07) is 10.6. The fourth-order valence-electron chi connectivity index (χ4n) is 4.89. The highest BCUT2D eigenvalue weighted by atomic mass is 19.4. The molecular formula is C33H45F3O5. The maximum atomic E-state index is 14.4. The molecule has 2 N–H and O–H groups in total. The summed E-state index contributed by atoms with van der Waals surface area (Å²) in [7, 11) is 0.831. The number of carbonyl (C=O) groups excluding carboxylic acids is 1. The first-order valence-electron chi connectivity index (χ1n) is 14.7. The van der Waals surface area contributed by atoms with Crippen molar-refractivity contribution >= 4 is 5.97 Å². The molecule has 0 aliphatic carbocycles. The number of methoxy groups -OCH3 is 1. The van der Waals surface area contributed by atoms with Gasteiger partial charge in [-0.2, -0.15) is 13.2 Å². The summed E-state index contributed by atoms with van der Waals surface area (Å²) in [6.45, 7) is 2.21. The topological polar surface area (TPSA) is 76.0 Å². The van der Waals surface area contributed by atoms with Gasteiger partial charge in [0.25, 0.3) is 5.60 Å². The average Bonchev–Trinajstić information content (AvgIpc) is 2.93. The maximum Gasteiger partial charge on any atom is 0.432 e. The van der Waals surface area contributed by atoms with Crippen molar-refractivity contribution in [3.63, 3.8) is 0 Å². The number of hydrogen-bond acceptors (Lipinski definition) is 5. The Morgan fingerprint density at radius 1 is 0.878 bits per heavy atom. The number of ether oxygens (including phenoxy) is 2. The number of esters is 1. The summed E-state index contributed by atoms with van der Waals surface area (Å²) in [4.78, 5) is 13.2. The number of allylic oxidation sites excluding steroid dienone is 2. The lowest BCUT2D eigenvalue weighted by molar-refractivity contribution is -0.278. The van der Waals surface area contributed by atoms with Crippen LogP contribution >= 0.6 is 0 Å². The van der Waals surface area contributed by atoms with Crippen LogP contribution in [0.4, 0.5) is 13.2 Å². The normalized spacial score (nSPS) is 14.2. The molecule has 1 unspecified atom stereocenters. The summed E-state index contributed by atoms with van der Waals surface area (Å²) >= 11 is 0. The van der Waals surface area contributed by atoms with Crippen LogP contribution < -0.4 is 0 Å². The molecule has 8 heteroatoms. The Morgan fingerprint density at radius 2 is 1.49 bits per heavy atom. The van der Waals surface area contributed by atoms with Crippen molar-refractivity contribution in [2.24, 2.45) is 0 Å². The third kappa shape index (κ3) is 10.7. The lowest BCUT2D eigenvalue weighted by atomic mass is 9.92. The summed E-state index contributed by atoms with van der Waals surface area (Å²) < 4.78 is 53.5. The summed E-state index contributed by atoms with van der Waals surface area (Å²) in [5, 5.41) is 20.1. The van der Waals surface area contributed by atoms with Crippen LogP contribution in [-0.4, -0.2) is 35.6 Å². The molecule has 5 nitrogen and oxygen atoms in total. The van der Waals surface area contributed by atoms with Gasteiger partial charge >= 0.3 is 12.1 Å². The molecule has 0 amide bonds. The van der Waals surface area contributed by atoms with E-state index in [1.165, 1.54) is 81.0 Å². The highest BCUT2D eigenvalue weighted by Crippen LogP contribution is 2.43. The van der Waals surface area contributed by atoms with Crippen LogP contribution in [0.15, 0.2) is 60.7 Å². The monoisotopic (exact) mass is 578 g/mol. The highest BCUT2D eigenvalue weighted by molar-refractivity contribution is 5.83. The van der Waals surface area contributed by atoms with E-state index in [0.29, 0.717) is 6.42 Å². The molecule has 41 heavy (non-hydrogen) atoms. The molecule has 2 rings (SSSR count). The van der Waals surface area contributed by atoms with Crippen LogP contribution in [0.25, 0.3) is 0 Å². The third-order valence-electron chi connectivity index (χ3n) is 7.25. The number of rotatable bonds is 19. The standard InChI is InChI=1S/C33H45F3O5/c1-3-4-5-6-7-8-9-10-11-12-13-14-18-21-29(25-26-24-28(37)22-23-30(26)38)41-31(39)32(40-2,33(34,35)36)27-19-16-15-17-20-27/h10-11,15-17,19-20,22-24,29,37-38H,3-9,12-14,18,21,25H2,1-2H3/b11-10-/t29-,32?/m1/s1. The second-order valence-electron chi connectivity index (χ2n) is 10.5. The van der Waals surface area contributed by atoms with Crippen LogP contribution in [0.2, 0.25) is 0 Å². The van der Waals surface area contributed by atoms with Crippen molar-refractivity contribution in [2.45, 2.75) is 108 Å². The van der Waals surface area contributed by atoms with Crippen molar-refractivity contribution in [2.75, 3.05) is 7.11 Å². The highest BCUT2D eigenvalue weighted by Gasteiger charge is 2.64. The van der Waals surface area contributed by atoms with Crippen LogP contribution in [0.1, 0.15) is 95.1 Å². The largest absolute Gasteiger partial charge is 0.508 e. The smallest absolute Gasteiger partial charge is 0.432 e. The van der Waals surface area contributed by atoms with Crippen molar-refractivity contribution < 1.29 is 37.7 Å². The molecular weight excluding hydrogens is 533 g/mol. The van der Waals surface area contributed by atoms with Gasteiger partial charge in [-0.05, 0) is 56.7 Å². The molecule has 0 spiro atoms. The van der Waals surface area contributed by atoms with E-state index in [4.69, 9.17) is 9.47 Å². The van der Waals surface area contributed by atoms with Gasteiger partial charge in [-0.1, -0.05) is 87.9 Å². The van der Waals surface area contributed by atoms with Crippen molar-refractivity contribution in [3.05, 3.63) is 71.8 Å². The van der Waals surface area contributed by atoms with Gasteiger partial charge in [-0.25, -0.2) is 4.79 Å². The first kappa shape index (κ1) is 34.2. The molecule has 2 aromatic rings. The molecule has 228 valence electrons. The van der Waals surface area contributed by atoms with Crippen LogP contribution in [0.5, 0.6) is 11.5 Å². The van der Waals surface area contributed by atoms with E-state index in [-0.39, 0.29) is 35.5 Å². The van der Waals surface area contributed by atoms with E-state index in [1.807, 2.05) is 0 Å². The number of aromatic hydroxyl groups is 2. The summed E-state index contributed by atoms with van der Waals surface area (Å²) in [5.74, 6) is -1.82. The first-order valence-corrected chi connectivity index (χ1v) is 14.7. The number of unbranched alkanes of at least 4 members (excludes halogenated alkanes) is 9. The van der Waals surface area contributed by atoms with E-state index >= 15 is 0 Å². The molecule has 2 aromatic carbocycles. The molecule has 0 heterocycles. The molecule has 0 fully saturated rings. The number of carbonyl (C=O) groups is 1. The number of benzene rings is 2. The van der Waals surface area contributed by atoms with Crippen LogP contribution in [-0.2, 0) is 26.3 Å². The minimum Gasteiger partial charge on any atom is -0.508 e. The lowest BCUT2D eigenvalue weighted by Gasteiger charge is -2.34. The molecule has 2 atom stereocenters. The Kier molecular flexibility index (Phi) is 14.8. The van der Waals surface area contributed by atoms with Gasteiger partial charge in [-0.15, -0.1) is 0 Å². The Balaban J connectivity index is 2.02. The Labute approximate surface area is 242 Å². The quantitative estimate of drug-likeness (QED) is 0.0753. The van der Waals surface area contributed by atoms with Gasteiger partial charge in [0.05, 0.1) is 0 Å². The number of phenols is 2. The SMILES string of the molecule is CCCCCCCC/C=C\CCCCC[C@H](Cc1cc(O)ccc1O)OC(=O)C(OC)(c1ccccc1)C(F)(F)F. The molecule has 0 saturated carbocycles. The molecule has 0 saturated heterocycles. The van der Waals surface area contributed by atoms with Gasteiger partial charge in [0.15, 0.2) is 0 Å². The second kappa shape index (κ2) is 17.7. The molecule has 0 aromatic heterocycles. The zero-order valence-electron chi connectivity index (χ0n) is 24.3. The van der Waals surface area contributed by atoms with Gasteiger partial charge in [0.1, 0.15) is 17.6 Å². The Bertz CT molecular complexity index is 1050. The Morgan fingerprint density at radius 3 is 2.10 bits per heavy atom. The van der Waals surface area contributed by atoms with Gasteiger partial charge in [0, 0.05) is 24.7 Å². The minimum absolute atomic E-state index is 0.0590. The van der Waals surface area contributed by atoms with Crippen molar-refractivity contribution in [3.8, 4) is 11.5 Å². The fourth-order valence-corrected chi connectivity index (χ4v) is 4.89. The van der Waals surface area contributed by atoms with Gasteiger partial charge in [0.2, 0.25) is 0 Å². The lowest BCUT2D eigenvalue weighted by Crippen LogP contribution is -2.52. The molecule has 0 bridgehead atoms. The second-order valence-corrected chi connectivity index (χ2v) is 10.5. The molecule has 0 aliphatic heterocycles. The number of halogens is 3. The van der Waals surface area contributed by atoms with Gasteiger partial charge < -0.3 is 19.7 Å². The number of hydrogen-bond donors (Lipinski definition) is 2. The van der Waals surface area contributed by atoms with E-state index in [2.05, 4.69) is 19.1 Å². The average molecular weight is 579 g/mol. The molecule has 0 aliphatic rings. The van der Waals surface area contributed by atoms with E-state index in [1.54, 1.807) is 6.07 Å². The number of phenolic OH excluding ortho intramolecular Hbond substituents is 2. The third-order valence-corrected chi connectivity index (χ3v) is 7.25. The summed E-state index contributed by atoms with van der Waals surface area (Å²) in [6.07, 6.45) is 10.4. The predicted octanol–water partition coefficient (Wildman–Crippen LogP) is 8.91. The number of alkyl halides is 3. The minimum atomic E-state index is -5.08. The van der Waals surface area contributed by atoms with Crippen LogP contribution in [0, 0.1) is 0 Å². The zero-order valence-corrected chi connectivity index (χ0v) is 24.3. The summed E-state index contributed by atoms with van der Waals surface area (Å²) in [5.41, 5.74) is -3.41. The van der Waals surface area contributed by atoms with E-state index < -0.39 is 23.9 Å². The Hall–Kier alpha value is -3.00. The van der Waals surface area contributed by atoms with Crippen LogP contribution in [0.3, 0.4) is 0 Å². The van der Waals surface area contributed by atoms with E-state index in [9.17, 15) is 28.2 Å². The zero-order chi connectivity index (χ0) is 30.1.